The van der Waals surface area contributed by atoms with Gasteiger partial charge in [-0.25, -0.2) is 0 Å². The number of hydrogen-bond donors (Lipinski definition) is 1. The fourth-order valence-electron chi connectivity index (χ4n) is 3.20. The van der Waals surface area contributed by atoms with Crippen molar-refractivity contribution in [3.05, 3.63) is 59.4 Å². The molecule has 2 aromatic rings. The number of pyridine rings is 1. The molecular weight excluding hydrogens is 342 g/mol. The summed E-state index contributed by atoms with van der Waals surface area (Å²) in [6, 6.07) is 10.7. The molecular formula is C21H25N3O3. The summed E-state index contributed by atoms with van der Waals surface area (Å²) in [5, 5.41) is 2.84. The number of amides is 2. The summed E-state index contributed by atoms with van der Waals surface area (Å²) >= 11 is 0. The van der Waals surface area contributed by atoms with Crippen LogP contribution in [0.4, 0.5) is 0 Å². The van der Waals surface area contributed by atoms with Crippen molar-refractivity contribution < 1.29 is 14.3 Å². The summed E-state index contributed by atoms with van der Waals surface area (Å²) in [5.41, 5.74) is 1.62. The van der Waals surface area contributed by atoms with E-state index in [0.29, 0.717) is 23.8 Å². The molecule has 3 rings (SSSR count). The van der Waals surface area contributed by atoms with Crippen molar-refractivity contribution in [3.63, 3.8) is 0 Å². The maximum Gasteiger partial charge on any atom is 0.270 e. The van der Waals surface area contributed by atoms with Gasteiger partial charge < -0.3 is 15.0 Å². The number of nitrogens with one attached hydrogen (secondary N) is 1. The van der Waals surface area contributed by atoms with Crippen LogP contribution in [0.1, 0.15) is 46.2 Å². The van der Waals surface area contributed by atoms with Gasteiger partial charge in [-0.15, -0.1) is 0 Å². The first-order valence-corrected chi connectivity index (χ1v) is 9.24. The lowest BCUT2D eigenvalue weighted by atomic mass is 9.98. The lowest BCUT2D eigenvalue weighted by Crippen LogP contribution is -2.38. The highest BCUT2D eigenvalue weighted by atomic mass is 16.5. The fourth-order valence-corrected chi connectivity index (χ4v) is 3.20. The van der Waals surface area contributed by atoms with Gasteiger partial charge >= 0.3 is 0 Å². The molecule has 0 radical (unpaired) electrons. The molecule has 1 aliphatic heterocycles. The van der Waals surface area contributed by atoms with Crippen LogP contribution in [-0.2, 0) is 6.54 Å². The summed E-state index contributed by atoms with van der Waals surface area (Å²) in [7, 11) is 1.60. The second-order valence-corrected chi connectivity index (χ2v) is 6.90. The number of para-hydroxylation sites is 1. The maximum absolute atomic E-state index is 12.7. The van der Waals surface area contributed by atoms with Gasteiger partial charge in [0, 0.05) is 37.0 Å². The molecule has 142 valence electrons. The molecule has 27 heavy (non-hydrogen) atoms. The van der Waals surface area contributed by atoms with E-state index in [9.17, 15) is 9.59 Å². The minimum Gasteiger partial charge on any atom is -0.496 e. The highest BCUT2D eigenvalue weighted by Gasteiger charge is 2.22. The van der Waals surface area contributed by atoms with Gasteiger partial charge in [-0.1, -0.05) is 25.1 Å². The van der Waals surface area contributed by atoms with Crippen LogP contribution < -0.4 is 10.1 Å². The van der Waals surface area contributed by atoms with Crippen LogP contribution in [0.2, 0.25) is 0 Å². The van der Waals surface area contributed by atoms with Gasteiger partial charge in [-0.05, 0) is 37.0 Å². The molecule has 0 unspecified atom stereocenters. The number of carbonyl (C=O) groups excluding carboxylic acids is 2. The normalized spacial score (nSPS) is 14.7. The van der Waals surface area contributed by atoms with Crippen LogP contribution in [0, 0.1) is 5.92 Å². The van der Waals surface area contributed by atoms with E-state index in [-0.39, 0.29) is 17.5 Å². The summed E-state index contributed by atoms with van der Waals surface area (Å²) < 4.78 is 5.29. The van der Waals surface area contributed by atoms with E-state index < -0.39 is 0 Å². The lowest BCUT2D eigenvalue weighted by molar-refractivity contribution is 0.0697. The summed E-state index contributed by atoms with van der Waals surface area (Å²) in [6.45, 7) is 4.06. The van der Waals surface area contributed by atoms with Crippen LogP contribution in [0.25, 0.3) is 0 Å². The second kappa shape index (κ2) is 8.66. The van der Waals surface area contributed by atoms with Gasteiger partial charge in [0.25, 0.3) is 11.8 Å². The van der Waals surface area contributed by atoms with Crippen molar-refractivity contribution >= 4 is 11.8 Å². The SMILES string of the molecule is COc1ccccc1CNC(=O)c1cc(C(=O)N2CCC(C)CC2)ccn1. The quantitative estimate of drug-likeness (QED) is 0.882. The van der Waals surface area contributed by atoms with E-state index >= 15 is 0 Å². The number of carbonyl (C=O) groups is 2. The molecule has 0 spiro atoms. The summed E-state index contributed by atoms with van der Waals surface area (Å²) in [4.78, 5) is 31.1. The van der Waals surface area contributed by atoms with Gasteiger partial charge in [0.15, 0.2) is 0 Å². The van der Waals surface area contributed by atoms with E-state index in [1.54, 1.807) is 19.2 Å². The smallest absolute Gasteiger partial charge is 0.270 e. The Morgan fingerprint density at radius 2 is 1.96 bits per heavy atom. The Labute approximate surface area is 159 Å². The first kappa shape index (κ1) is 18.9. The summed E-state index contributed by atoms with van der Waals surface area (Å²) in [6.07, 6.45) is 3.55. The van der Waals surface area contributed by atoms with Gasteiger partial charge in [-0.2, -0.15) is 0 Å². The Morgan fingerprint density at radius 1 is 1.22 bits per heavy atom. The van der Waals surface area contributed by atoms with Crippen molar-refractivity contribution in [1.82, 2.24) is 15.2 Å². The number of methoxy groups -OCH3 is 1. The van der Waals surface area contributed by atoms with Crippen molar-refractivity contribution in [2.45, 2.75) is 26.3 Å². The van der Waals surface area contributed by atoms with Crippen molar-refractivity contribution in [3.8, 4) is 5.75 Å². The highest BCUT2D eigenvalue weighted by molar-refractivity contribution is 5.98. The maximum atomic E-state index is 12.7. The molecule has 1 aliphatic rings. The molecule has 1 fully saturated rings. The molecule has 1 N–H and O–H groups in total. The van der Waals surface area contributed by atoms with Gasteiger partial charge in [0.1, 0.15) is 11.4 Å². The van der Waals surface area contributed by atoms with Crippen molar-refractivity contribution in [2.75, 3.05) is 20.2 Å². The lowest BCUT2D eigenvalue weighted by Gasteiger charge is -2.30. The zero-order valence-corrected chi connectivity index (χ0v) is 15.8. The Hall–Kier alpha value is -2.89. The van der Waals surface area contributed by atoms with Gasteiger partial charge in [-0.3, -0.25) is 14.6 Å². The third kappa shape index (κ3) is 4.64. The van der Waals surface area contributed by atoms with Crippen LogP contribution in [0.5, 0.6) is 5.75 Å². The number of aromatic nitrogens is 1. The Kier molecular flexibility index (Phi) is 6.06. The molecule has 0 bridgehead atoms. The molecule has 0 saturated carbocycles. The number of nitrogens with zero attached hydrogens (tertiary/aromatic N) is 2. The van der Waals surface area contributed by atoms with Crippen LogP contribution in [0.15, 0.2) is 42.6 Å². The summed E-state index contributed by atoms with van der Waals surface area (Å²) in [5.74, 6) is 1.02. The molecule has 1 aromatic heterocycles. The first-order valence-electron chi connectivity index (χ1n) is 9.24. The van der Waals surface area contributed by atoms with E-state index in [4.69, 9.17) is 4.74 Å². The minimum absolute atomic E-state index is 0.0388. The van der Waals surface area contributed by atoms with E-state index in [0.717, 1.165) is 31.5 Å². The Bertz CT molecular complexity index is 814. The number of likely N-dealkylation sites (tertiary alicyclic amines) is 1. The fraction of sp³-hybridized carbons (Fsp3) is 0.381. The topological polar surface area (TPSA) is 71.5 Å². The minimum atomic E-state index is -0.317. The van der Waals surface area contributed by atoms with Crippen molar-refractivity contribution in [2.24, 2.45) is 5.92 Å². The van der Waals surface area contributed by atoms with Crippen LogP contribution >= 0.6 is 0 Å². The van der Waals surface area contributed by atoms with Crippen molar-refractivity contribution in [1.29, 1.82) is 0 Å². The second-order valence-electron chi connectivity index (χ2n) is 6.90. The molecule has 0 aliphatic carbocycles. The Morgan fingerprint density at radius 3 is 2.70 bits per heavy atom. The monoisotopic (exact) mass is 367 g/mol. The molecule has 0 atom stereocenters. The molecule has 2 heterocycles. The van der Waals surface area contributed by atoms with E-state index in [1.165, 1.54) is 6.20 Å². The number of rotatable bonds is 5. The van der Waals surface area contributed by atoms with E-state index in [1.807, 2.05) is 29.2 Å². The third-order valence-corrected chi connectivity index (χ3v) is 4.94. The average Bonchev–Trinajstić information content (AvgIpc) is 2.72. The van der Waals surface area contributed by atoms with Gasteiger partial charge in [0.2, 0.25) is 0 Å². The molecule has 1 aromatic carbocycles. The van der Waals surface area contributed by atoms with Crippen LogP contribution in [-0.4, -0.2) is 41.9 Å². The van der Waals surface area contributed by atoms with Gasteiger partial charge in [0.05, 0.1) is 7.11 Å². The average molecular weight is 367 g/mol. The Balaban J connectivity index is 1.66. The number of ether oxygens (including phenoxy) is 1. The molecule has 1 saturated heterocycles. The molecule has 6 nitrogen and oxygen atoms in total. The molecule has 2 amide bonds. The molecule has 6 heteroatoms. The van der Waals surface area contributed by atoms with E-state index in [2.05, 4.69) is 17.2 Å². The highest BCUT2D eigenvalue weighted by Crippen LogP contribution is 2.19. The third-order valence-electron chi connectivity index (χ3n) is 4.94. The largest absolute Gasteiger partial charge is 0.496 e. The predicted octanol–water partition coefficient (Wildman–Crippen LogP) is 2.89. The first-order chi connectivity index (χ1) is 13.1. The number of hydrogen-bond acceptors (Lipinski definition) is 4. The zero-order valence-electron chi connectivity index (χ0n) is 15.8. The standard InChI is InChI=1S/C21H25N3O3/c1-15-8-11-24(12-9-15)21(26)16-7-10-22-18(13-16)20(25)23-14-17-5-3-4-6-19(17)27-2/h3-7,10,13,15H,8-9,11-12,14H2,1-2H3,(H,23,25). The number of piperidine rings is 1. The zero-order chi connectivity index (χ0) is 19.2. The van der Waals surface area contributed by atoms with Crippen LogP contribution in [0.3, 0.4) is 0 Å². The number of benzene rings is 1. The predicted molar refractivity (Wildman–Crippen MR) is 103 cm³/mol.